The molecule has 0 radical (unpaired) electrons. The van der Waals surface area contributed by atoms with E-state index in [1.54, 1.807) is 12.1 Å². The van der Waals surface area contributed by atoms with Crippen LogP contribution in [0.4, 0.5) is 4.79 Å². The third-order valence-corrected chi connectivity index (χ3v) is 4.56. The lowest BCUT2D eigenvalue weighted by molar-refractivity contribution is -0.128. The van der Waals surface area contributed by atoms with Crippen LogP contribution < -0.4 is 16.4 Å². The molecule has 0 heterocycles. The number of phenolic OH excluding ortho intramolecular Hbond substituents is 1. The van der Waals surface area contributed by atoms with Crippen LogP contribution in [0.3, 0.4) is 0 Å². The summed E-state index contributed by atoms with van der Waals surface area (Å²) in [6.07, 6.45) is -0.243. The number of phenols is 1. The van der Waals surface area contributed by atoms with Gasteiger partial charge in [0.05, 0.1) is 0 Å². The minimum Gasteiger partial charge on any atom is -0.508 e. The highest BCUT2D eigenvalue weighted by molar-refractivity contribution is 5.90. The van der Waals surface area contributed by atoms with E-state index in [1.165, 1.54) is 12.1 Å². The Bertz CT molecular complexity index is 869. The zero-order valence-corrected chi connectivity index (χ0v) is 17.7. The second-order valence-corrected chi connectivity index (χ2v) is 7.72. The number of primary amides is 1. The van der Waals surface area contributed by atoms with Gasteiger partial charge in [0.2, 0.25) is 11.8 Å². The Morgan fingerprint density at radius 1 is 0.935 bits per heavy atom. The molecule has 0 aliphatic carbocycles. The van der Waals surface area contributed by atoms with E-state index in [0.717, 1.165) is 5.56 Å². The standard InChI is InChI=1S/C23H29N3O5/c1-15(2)12-19(21(24)28)25-22(29)20(13-16-8-10-18(27)11-9-16)26-23(30)31-14-17-6-4-3-5-7-17/h3-11,15,19-20,27H,12-14H2,1-2H3,(H2,24,28)(H,25,29)(H,26,30)/t19-,20+/m1/s1. The van der Waals surface area contributed by atoms with Crippen molar-refractivity contribution in [3.8, 4) is 5.75 Å². The van der Waals surface area contributed by atoms with Crippen molar-refractivity contribution in [3.05, 3.63) is 65.7 Å². The summed E-state index contributed by atoms with van der Waals surface area (Å²) in [5.74, 6) is -0.964. The van der Waals surface area contributed by atoms with Gasteiger partial charge >= 0.3 is 6.09 Å². The van der Waals surface area contributed by atoms with Crippen molar-refractivity contribution in [1.82, 2.24) is 10.6 Å². The maximum atomic E-state index is 12.9. The van der Waals surface area contributed by atoms with E-state index in [2.05, 4.69) is 10.6 Å². The molecule has 2 rings (SSSR count). The third kappa shape index (κ3) is 8.38. The summed E-state index contributed by atoms with van der Waals surface area (Å²) in [4.78, 5) is 36.9. The van der Waals surface area contributed by atoms with Gasteiger partial charge in [0.25, 0.3) is 0 Å². The van der Waals surface area contributed by atoms with Crippen LogP contribution >= 0.6 is 0 Å². The lowest BCUT2D eigenvalue weighted by Gasteiger charge is -2.23. The van der Waals surface area contributed by atoms with Gasteiger partial charge in [-0.3, -0.25) is 9.59 Å². The Morgan fingerprint density at radius 3 is 2.16 bits per heavy atom. The topological polar surface area (TPSA) is 131 Å². The fourth-order valence-electron chi connectivity index (χ4n) is 2.97. The number of carbonyl (C=O) groups is 3. The van der Waals surface area contributed by atoms with Crippen molar-refractivity contribution in [2.45, 2.75) is 45.4 Å². The average Bonchev–Trinajstić information content (AvgIpc) is 2.73. The molecule has 0 saturated carbocycles. The predicted octanol–water partition coefficient (Wildman–Crippen LogP) is 2.25. The number of nitrogens with one attached hydrogen (secondary N) is 2. The summed E-state index contributed by atoms with van der Waals surface area (Å²) in [5, 5.41) is 14.7. The summed E-state index contributed by atoms with van der Waals surface area (Å²) in [5.41, 5.74) is 6.94. The number of hydrogen-bond donors (Lipinski definition) is 4. The second-order valence-electron chi connectivity index (χ2n) is 7.72. The number of aromatic hydroxyl groups is 1. The molecular formula is C23H29N3O5. The molecule has 0 saturated heterocycles. The first-order chi connectivity index (χ1) is 14.7. The fourth-order valence-corrected chi connectivity index (χ4v) is 2.97. The number of hydrogen-bond acceptors (Lipinski definition) is 5. The van der Waals surface area contributed by atoms with Crippen molar-refractivity contribution < 1.29 is 24.2 Å². The Kier molecular flexibility index (Phi) is 8.87. The molecule has 0 aliphatic heterocycles. The quantitative estimate of drug-likeness (QED) is 0.462. The molecule has 0 bridgehead atoms. The minimum absolute atomic E-state index is 0.0531. The zero-order valence-electron chi connectivity index (χ0n) is 17.7. The Labute approximate surface area is 181 Å². The second kappa shape index (κ2) is 11.6. The van der Waals surface area contributed by atoms with Crippen LogP contribution in [0.15, 0.2) is 54.6 Å². The molecule has 2 aromatic rings. The first-order valence-electron chi connectivity index (χ1n) is 10.1. The third-order valence-electron chi connectivity index (χ3n) is 4.56. The van der Waals surface area contributed by atoms with Gasteiger partial charge in [-0.05, 0) is 35.6 Å². The highest BCUT2D eigenvalue weighted by Gasteiger charge is 2.27. The van der Waals surface area contributed by atoms with Gasteiger partial charge in [-0.1, -0.05) is 56.3 Å². The maximum Gasteiger partial charge on any atom is 0.408 e. The van der Waals surface area contributed by atoms with Gasteiger partial charge in [0, 0.05) is 6.42 Å². The molecule has 0 unspecified atom stereocenters. The van der Waals surface area contributed by atoms with Gasteiger partial charge in [-0.15, -0.1) is 0 Å². The molecule has 166 valence electrons. The largest absolute Gasteiger partial charge is 0.508 e. The molecule has 0 aromatic heterocycles. The fraction of sp³-hybridized carbons (Fsp3) is 0.348. The summed E-state index contributed by atoms with van der Waals surface area (Å²) >= 11 is 0. The molecule has 2 atom stereocenters. The number of alkyl carbamates (subject to hydrolysis) is 1. The Balaban J connectivity index is 2.08. The van der Waals surface area contributed by atoms with Gasteiger partial charge in [0.15, 0.2) is 0 Å². The van der Waals surface area contributed by atoms with Crippen LogP contribution in [0.2, 0.25) is 0 Å². The number of amides is 3. The summed E-state index contributed by atoms with van der Waals surface area (Å²) in [6, 6.07) is 13.6. The van der Waals surface area contributed by atoms with E-state index in [9.17, 15) is 19.5 Å². The van der Waals surface area contributed by atoms with E-state index in [0.29, 0.717) is 12.0 Å². The molecule has 8 heteroatoms. The Morgan fingerprint density at radius 2 is 1.58 bits per heavy atom. The lowest BCUT2D eigenvalue weighted by atomic mass is 10.0. The highest BCUT2D eigenvalue weighted by atomic mass is 16.5. The van der Waals surface area contributed by atoms with Crippen LogP contribution in [0.1, 0.15) is 31.4 Å². The van der Waals surface area contributed by atoms with Crippen LogP contribution in [0.5, 0.6) is 5.75 Å². The molecule has 8 nitrogen and oxygen atoms in total. The zero-order chi connectivity index (χ0) is 22.8. The van der Waals surface area contributed by atoms with Gasteiger partial charge < -0.3 is 26.2 Å². The van der Waals surface area contributed by atoms with Gasteiger partial charge in [-0.2, -0.15) is 0 Å². The SMILES string of the molecule is CC(C)C[C@@H](NC(=O)[C@H](Cc1ccc(O)cc1)NC(=O)OCc1ccccc1)C(N)=O. The van der Waals surface area contributed by atoms with E-state index in [4.69, 9.17) is 10.5 Å². The van der Waals surface area contributed by atoms with Crippen molar-refractivity contribution in [1.29, 1.82) is 0 Å². The monoisotopic (exact) mass is 427 g/mol. The van der Waals surface area contributed by atoms with E-state index in [1.807, 2.05) is 44.2 Å². The van der Waals surface area contributed by atoms with Crippen molar-refractivity contribution in [3.63, 3.8) is 0 Å². The van der Waals surface area contributed by atoms with Crippen molar-refractivity contribution in [2.24, 2.45) is 11.7 Å². The smallest absolute Gasteiger partial charge is 0.408 e. The molecule has 3 amide bonds. The number of rotatable bonds is 10. The first-order valence-corrected chi connectivity index (χ1v) is 10.1. The molecule has 0 aliphatic rings. The van der Waals surface area contributed by atoms with E-state index >= 15 is 0 Å². The van der Waals surface area contributed by atoms with Crippen LogP contribution in [-0.4, -0.2) is 35.1 Å². The first kappa shape index (κ1) is 23.7. The molecule has 31 heavy (non-hydrogen) atoms. The van der Waals surface area contributed by atoms with E-state index < -0.39 is 30.0 Å². The summed E-state index contributed by atoms with van der Waals surface area (Å²) in [7, 11) is 0. The van der Waals surface area contributed by atoms with Crippen molar-refractivity contribution >= 4 is 17.9 Å². The van der Waals surface area contributed by atoms with Crippen LogP contribution in [0.25, 0.3) is 0 Å². The summed E-state index contributed by atoms with van der Waals surface area (Å²) < 4.78 is 5.22. The number of ether oxygens (including phenoxy) is 1. The normalized spacial score (nSPS) is 12.6. The van der Waals surface area contributed by atoms with Gasteiger partial charge in [-0.25, -0.2) is 4.79 Å². The minimum atomic E-state index is -0.998. The lowest BCUT2D eigenvalue weighted by Crippen LogP contribution is -2.54. The number of benzene rings is 2. The molecule has 2 aromatic carbocycles. The van der Waals surface area contributed by atoms with Crippen LogP contribution in [0, 0.1) is 5.92 Å². The average molecular weight is 428 g/mol. The highest BCUT2D eigenvalue weighted by Crippen LogP contribution is 2.12. The maximum absolute atomic E-state index is 12.9. The van der Waals surface area contributed by atoms with Gasteiger partial charge in [0.1, 0.15) is 24.4 Å². The molecular weight excluding hydrogens is 398 g/mol. The molecule has 0 fully saturated rings. The predicted molar refractivity (Wildman–Crippen MR) is 116 cm³/mol. The number of carbonyl (C=O) groups excluding carboxylic acids is 3. The number of nitrogens with two attached hydrogens (primary N) is 1. The van der Waals surface area contributed by atoms with Crippen molar-refractivity contribution in [2.75, 3.05) is 0 Å². The van der Waals surface area contributed by atoms with Crippen LogP contribution in [-0.2, 0) is 27.4 Å². The summed E-state index contributed by atoms with van der Waals surface area (Å²) in [6.45, 7) is 3.88. The van der Waals surface area contributed by atoms with E-state index in [-0.39, 0.29) is 24.7 Å². The molecule has 0 spiro atoms. The Hall–Kier alpha value is -3.55. The molecule has 5 N–H and O–H groups in total.